The highest BCUT2D eigenvalue weighted by Crippen LogP contribution is 2.34. The first-order valence-electron chi connectivity index (χ1n) is 10.2. The number of hydrogen-bond donors (Lipinski definition) is 0. The molecule has 3 heterocycles. The molecule has 0 aliphatic heterocycles. The van der Waals surface area contributed by atoms with Crippen molar-refractivity contribution in [1.82, 2.24) is 29.5 Å². The zero-order valence-corrected chi connectivity index (χ0v) is 21.2. The Morgan fingerprint density at radius 1 is 0.800 bits per heavy atom. The molecule has 0 saturated heterocycles. The number of nitrogens with zero attached hydrogens (tertiary/aromatic N) is 6. The Kier molecular flexibility index (Phi) is 6.06. The fraction of sp³-hybridized carbons (Fsp3) is 0.0833. The van der Waals surface area contributed by atoms with Gasteiger partial charge in [-0.3, -0.25) is 4.68 Å². The van der Waals surface area contributed by atoms with E-state index in [1.807, 2.05) is 48.5 Å². The van der Waals surface area contributed by atoms with E-state index in [9.17, 15) is 13.2 Å². The Morgan fingerprint density at radius 3 is 2.11 bits per heavy atom. The summed E-state index contributed by atoms with van der Waals surface area (Å²) in [6, 6.07) is 17.6. The second-order valence-electron chi connectivity index (χ2n) is 7.69. The fourth-order valence-corrected chi connectivity index (χ4v) is 4.35. The molecule has 5 aromatic rings. The van der Waals surface area contributed by atoms with Crippen molar-refractivity contribution in [1.29, 1.82) is 0 Å². The second kappa shape index (κ2) is 9.04. The number of hydrogen-bond acceptors (Lipinski definition) is 4. The van der Waals surface area contributed by atoms with Gasteiger partial charge < -0.3 is 0 Å². The smallest absolute Gasteiger partial charge is 0.275 e. The van der Waals surface area contributed by atoms with Gasteiger partial charge in [0.25, 0.3) is 5.95 Å². The molecule has 0 unspecified atom stereocenters. The number of aromatic nitrogens is 6. The fourth-order valence-electron chi connectivity index (χ4n) is 3.55. The summed E-state index contributed by atoms with van der Waals surface area (Å²) in [5, 5.41) is 8.69. The summed E-state index contributed by atoms with van der Waals surface area (Å²) < 4.78 is 46.0. The van der Waals surface area contributed by atoms with E-state index in [1.165, 1.54) is 15.6 Å². The van der Waals surface area contributed by atoms with E-state index in [1.54, 1.807) is 19.3 Å². The van der Waals surface area contributed by atoms with Crippen LogP contribution in [-0.2, 0) is 13.2 Å². The third-order valence-corrected chi connectivity index (χ3v) is 6.13. The van der Waals surface area contributed by atoms with E-state index in [4.69, 9.17) is 0 Å². The van der Waals surface area contributed by atoms with Gasteiger partial charge in [-0.25, -0.2) is 9.97 Å². The van der Waals surface area contributed by atoms with Crippen LogP contribution in [0.4, 0.5) is 13.2 Å². The van der Waals surface area contributed by atoms with Crippen LogP contribution in [0.1, 0.15) is 5.69 Å². The number of benzene rings is 2. The summed E-state index contributed by atoms with van der Waals surface area (Å²) in [6.07, 6.45) is -1.63. The molecule has 0 amide bonds. The molecular formula is C24H15Br2F3N6. The number of alkyl halides is 3. The van der Waals surface area contributed by atoms with Crippen LogP contribution in [-0.4, -0.2) is 29.5 Å². The average Bonchev–Trinajstić information content (AvgIpc) is 3.45. The summed E-state index contributed by atoms with van der Waals surface area (Å²) in [4.78, 5) is 8.31. The summed E-state index contributed by atoms with van der Waals surface area (Å²) >= 11 is 6.91. The first-order chi connectivity index (χ1) is 16.7. The quantitative estimate of drug-likeness (QED) is 0.223. The van der Waals surface area contributed by atoms with E-state index in [0.29, 0.717) is 17.0 Å². The molecule has 0 spiro atoms. The minimum atomic E-state index is -4.68. The SMILES string of the molecule is Cn1cc(-c2cc(C(F)(F)F)nc(-n3nc(-c4cccc(Br)c4)cc3-c3cccc(Br)c3)n2)cn1. The molecule has 35 heavy (non-hydrogen) atoms. The van der Waals surface area contributed by atoms with Crippen LogP contribution in [0.25, 0.3) is 39.7 Å². The van der Waals surface area contributed by atoms with Crippen LogP contribution in [0.5, 0.6) is 0 Å². The van der Waals surface area contributed by atoms with Gasteiger partial charge in [0.1, 0.15) is 0 Å². The lowest BCUT2D eigenvalue weighted by Gasteiger charge is -2.12. The van der Waals surface area contributed by atoms with E-state index >= 15 is 0 Å². The molecule has 0 aliphatic carbocycles. The molecule has 0 atom stereocenters. The lowest BCUT2D eigenvalue weighted by molar-refractivity contribution is -0.141. The number of aryl methyl sites for hydroxylation is 1. The maximum absolute atomic E-state index is 13.8. The summed E-state index contributed by atoms with van der Waals surface area (Å²) in [6.45, 7) is 0. The van der Waals surface area contributed by atoms with Crippen molar-refractivity contribution < 1.29 is 13.2 Å². The van der Waals surface area contributed by atoms with Crippen molar-refractivity contribution in [2.24, 2.45) is 7.05 Å². The Balaban J connectivity index is 1.76. The number of rotatable bonds is 4. The van der Waals surface area contributed by atoms with Crippen molar-refractivity contribution in [3.05, 3.63) is 87.7 Å². The zero-order valence-electron chi connectivity index (χ0n) is 18.0. The molecular weight excluding hydrogens is 589 g/mol. The van der Waals surface area contributed by atoms with E-state index in [0.717, 1.165) is 26.1 Å². The third-order valence-electron chi connectivity index (χ3n) is 5.14. The summed E-state index contributed by atoms with van der Waals surface area (Å²) in [7, 11) is 1.68. The Morgan fingerprint density at radius 2 is 1.49 bits per heavy atom. The van der Waals surface area contributed by atoms with Gasteiger partial charge in [-0.15, -0.1) is 0 Å². The van der Waals surface area contributed by atoms with Crippen LogP contribution < -0.4 is 0 Å². The average molecular weight is 604 g/mol. The Bertz CT molecular complexity index is 1540. The molecule has 3 aromatic heterocycles. The minimum Gasteiger partial charge on any atom is -0.275 e. The molecule has 0 saturated carbocycles. The summed E-state index contributed by atoms with van der Waals surface area (Å²) in [5.74, 6) is -0.199. The molecule has 0 aliphatic rings. The van der Waals surface area contributed by atoms with Gasteiger partial charge in [-0.2, -0.15) is 28.1 Å². The van der Waals surface area contributed by atoms with E-state index < -0.39 is 11.9 Å². The molecule has 0 fully saturated rings. The van der Waals surface area contributed by atoms with Crippen molar-refractivity contribution >= 4 is 31.9 Å². The minimum absolute atomic E-state index is 0.0927. The van der Waals surface area contributed by atoms with Crippen LogP contribution in [0.3, 0.4) is 0 Å². The highest BCUT2D eigenvalue weighted by atomic mass is 79.9. The van der Waals surface area contributed by atoms with Crippen molar-refractivity contribution in [3.8, 4) is 39.7 Å². The molecule has 0 N–H and O–H groups in total. The van der Waals surface area contributed by atoms with Gasteiger partial charge in [-0.05, 0) is 36.4 Å². The first kappa shape index (κ1) is 23.4. The maximum atomic E-state index is 13.8. The topological polar surface area (TPSA) is 61.4 Å². The lowest BCUT2D eigenvalue weighted by Crippen LogP contribution is -2.14. The van der Waals surface area contributed by atoms with E-state index in [2.05, 4.69) is 52.0 Å². The van der Waals surface area contributed by atoms with Crippen molar-refractivity contribution in [2.45, 2.75) is 6.18 Å². The van der Waals surface area contributed by atoms with Crippen LogP contribution in [0.15, 0.2) is 82.0 Å². The highest BCUT2D eigenvalue weighted by molar-refractivity contribution is 9.10. The monoisotopic (exact) mass is 602 g/mol. The van der Waals surface area contributed by atoms with Gasteiger partial charge in [0, 0.05) is 38.9 Å². The van der Waals surface area contributed by atoms with Crippen molar-refractivity contribution in [2.75, 3.05) is 0 Å². The second-order valence-corrected chi connectivity index (χ2v) is 9.52. The normalized spacial score (nSPS) is 11.7. The number of halogens is 5. The highest BCUT2D eigenvalue weighted by Gasteiger charge is 2.34. The van der Waals surface area contributed by atoms with Gasteiger partial charge in [0.15, 0.2) is 5.69 Å². The van der Waals surface area contributed by atoms with E-state index in [-0.39, 0.29) is 11.6 Å². The molecule has 6 nitrogen and oxygen atoms in total. The van der Waals surface area contributed by atoms with Crippen LogP contribution in [0, 0.1) is 0 Å². The molecule has 2 aromatic carbocycles. The first-order valence-corrected chi connectivity index (χ1v) is 11.8. The predicted molar refractivity (Wildman–Crippen MR) is 133 cm³/mol. The van der Waals surface area contributed by atoms with Crippen molar-refractivity contribution in [3.63, 3.8) is 0 Å². The standard InChI is InChI=1S/C24H15Br2F3N6/c1-34-13-16(12-30-34)19-11-22(24(27,28)29)32-23(31-19)35-21(15-5-3-7-18(26)9-15)10-20(33-35)14-4-2-6-17(25)8-14/h2-13H,1H3. The zero-order chi connectivity index (χ0) is 24.7. The van der Waals surface area contributed by atoms with Gasteiger partial charge in [0.05, 0.1) is 23.3 Å². The molecule has 0 radical (unpaired) electrons. The lowest BCUT2D eigenvalue weighted by atomic mass is 10.1. The molecule has 0 bridgehead atoms. The summed E-state index contributed by atoms with van der Waals surface area (Å²) in [5.41, 5.74) is 2.08. The van der Waals surface area contributed by atoms with Gasteiger partial charge in [-0.1, -0.05) is 56.1 Å². The van der Waals surface area contributed by atoms with Gasteiger partial charge in [0.2, 0.25) is 0 Å². The molecule has 176 valence electrons. The van der Waals surface area contributed by atoms with Gasteiger partial charge >= 0.3 is 6.18 Å². The maximum Gasteiger partial charge on any atom is 0.433 e. The van der Waals surface area contributed by atoms with Crippen LogP contribution >= 0.6 is 31.9 Å². The van der Waals surface area contributed by atoms with Crippen LogP contribution in [0.2, 0.25) is 0 Å². The largest absolute Gasteiger partial charge is 0.433 e. The molecule has 5 rings (SSSR count). The Hall–Kier alpha value is -3.31. The third kappa shape index (κ3) is 4.92. The predicted octanol–water partition coefficient (Wildman–Crippen LogP) is 6.94. The Labute approximate surface area is 214 Å². The molecule has 11 heteroatoms.